The van der Waals surface area contributed by atoms with Gasteiger partial charge in [0.15, 0.2) is 6.20 Å². The van der Waals surface area contributed by atoms with Crippen LogP contribution in [0.15, 0.2) is 24.5 Å². The molecule has 0 saturated carbocycles. The van der Waals surface area contributed by atoms with Gasteiger partial charge in [-0.1, -0.05) is 13.8 Å². The van der Waals surface area contributed by atoms with Crippen molar-refractivity contribution in [3.63, 3.8) is 0 Å². The molecule has 1 aliphatic rings. The Bertz CT molecular complexity index is 479. The molecule has 6 heteroatoms. The number of ether oxygens (including phenoxy) is 1. The summed E-state index contributed by atoms with van der Waals surface area (Å²) in [6.45, 7) is 5.66. The maximum atomic E-state index is 11.9. The van der Waals surface area contributed by atoms with Gasteiger partial charge in [0.05, 0.1) is 6.10 Å². The lowest BCUT2D eigenvalue weighted by Crippen LogP contribution is -2.42. The molecule has 0 radical (unpaired) electrons. The summed E-state index contributed by atoms with van der Waals surface area (Å²) in [4.78, 5) is 11.9. The van der Waals surface area contributed by atoms with E-state index < -0.39 is 0 Å². The number of anilines is 1. The lowest BCUT2D eigenvalue weighted by Gasteiger charge is -2.34. The first kappa shape index (κ1) is 15.6. The number of aromatic nitrogens is 1. The second-order valence-corrected chi connectivity index (χ2v) is 5.77. The highest BCUT2D eigenvalue weighted by Gasteiger charge is 2.28. The Hall–Kier alpha value is -1.82. The average Bonchev–Trinajstić information content (AvgIpc) is 2.45. The van der Waals surface area contributed by atoms with E-state index in [0.717, 1.165) is 19.4 Å². The van der Waals surface area contributed by atoms with Gasteiger partial charge >= 0.3 is 6.03 Å². The molecule has 0 spiro atoms. The van der Waals surface area contributed by atoms with E-state index in [2.05, 4.69) is 24.5 Å². The molecule has 21 heavy (non-hydrogen) atoms. The Balaban J connectivity index is 1.82. The first-order valence-corrected chi connectivity index (χ1v) is 7.41. The standard InChI is InChI=1S/C15H23N3O3/c1-11(2)14-12(5-4-8-21-14)9-16-15(19)17-13-6-3-7-18(20)10-13/h3,6-7,10-12,14H,4-5,8-9H2,1-2H3,(H2,16,17,19). The second-order valence-electron chi connectivity index (χ2n) is 5.77. The van der Waals surface area contributed by atoms with Crippen molar-refractivity contribution < 1.29 is 14.3 Å². The van der Waals surface area contributed by atoms with Crippen LogP contribution in [0.2, 0.25) is 0 Å². The fraction of sp³-hybridized carbons (Fsp3) is 0.600. The number of amides is 2. The van der Waals surface area contributed by atoms with Crippen molar-refractivity contribution in [3.05, 3.63) is 29.7 Å². The molecule has 0 aromatic carbocycles. The third-order valence-electron chi connectivity index (χ3n) is 3.71. The summed E-state index contributed by atoms with van der Waals surface area (Å²) in [5, 5.41) is 16.6. The zero-order valence-corrected chi connectivity index (χ0v) is 12.5. The Morgan fingerprint density at radius 3 is 3.10 bits per heavy atom. The van der Waals surface area contributed by atoms with Gasteiger partial charge in [-0.15, -0.1) is 0 Å². The predicted molar refractivity (Wildman–Crippen MR) is 79.7 cm³/mol. The minimum atomic E-state index is -0.297. The largest absolute Gasteiger partial charge is 0.619 e. The zero-order valence-electron chi connectivity index (χ0n) is 12.5. The minimum Gasteiger partial charge on any atom is -0.619 e. The van der Waals surface area contributed by atoms with E-state index in [1.165, 1.54) is 12.4 Å². The average molecular weight is 293 g/mol. The molecule has 2 rings (SSSR count). The molecule has 6 nitrogen and oxygen atoms in total. The van der Waals surface area contributed by atoms with Gasteiger partial charge in [-0.05, 0) is 24.8 Å². The Morgan fingerprint density at radius 2 is 2.38 bits per heavy atom. The molecule has 116 valence electrons. The van der Waals surface area contributed by atoms with Crippen molar-refractivity contribution in [1.82, 2.24) is 5.32 Å². The molecule has 2 atom stereocenters. The molecular formula is C15H23N3O3. The lowest BCUT2D eigenvalue weighted by atomic mass is 9.87. The van der Waals surface area contributed by atoms with Crippen molar-refractivity contribution in [2.24, 2.45) is 11.8 Å². The maximum absolute atomic E-state index is 11.9. The SMILES string of the molecule is CC(C)C1OCCCC1CNC(=O)Nc1ccc[n+]([O-])c1. The van der Waals surface area contributed by atoms with Crippen molar-refractivity contribution in [3.8, 4) is 0 Å². The lowest BCUT2D eigenvalue weighted by molar-refractivity contribution is -0.604. The highest BCUT2D eigenvalue weighted by molar-refractivity contribution is 5.88. The molecular weight excluding hydrogens is 270 g/mol. The summed E-state index contributed by atoms with van der Waals surface area (Å²) in [5.41, 5.74) is 0.477. The molecule has 2 heterocycles. The second kappa shape index (κ2) is 7.26. The Kier molecular flexibility index (Phi) is 5.38. The third-order valence-corrected chi connectivity index (χ3v) is 3.71. The molecule has 1 aliphatic heterocycles. The van der Waals surface area contributed by atoms with Crippen molar-refractivity contribution in [2.75, 3.05) is 18.5 Å². The molecule has 1 aromatic heterocycles. The smallest absolute Gasteiger partial charge is 0.319 e. The first-order valence-electron chi connectivity index (χ1n) is 7.41. The first-order chi connectivity index (χ1) is 10.1. The van der Waals surface area contributed by atoms with Crippen LogP contribution in [0.5, 0.6) is 0 Å². The number of pyridine rings is 1. The molecule has 1 fully saturated rings. The van der Waals surface area contributed by atoms with Crippen LogP contribution < -0.4 is 15.4 Å². The van der Waals surface area contributed by atoms with Crippen LogP contribution in [0.3, 0.4) is 0 Å². The minimum absolute atomic E-state index is 0.194. The number of nitrogens with one attached hydrogen (secondary N) is 2. The van der Waals surface area contributed by atoms with Crippen molar-refractivity contribution >= 4 is 11.7 Å². The van der Waals surface area contributed by atoms with E-state index in [1.54, 1.807) is 12.1 Å². The van der Waals surface area contributed by atoms with Gasteiger partial charge in [0.25, 0.3) is 0 Å². The molecule has 1 aromatic rings. The number of hydrogen-bond acceptors (Lipinski definition) is 3. The zero-order chi connectivity index (χ0) is 15.2. The van der Waals surface area contributed by atoms with E-state index in [4.69, 9.17) is 4.74 Å². The number of hydrogen-bond donors (Lipinski definition) is 2. The van der Waals surface area contributed by atoms with Crippen LogP contribution in [-0.4, -0.2) is 25.3 Å². The topological polar surface area (TPSA) is 77.3 Å². The highest BCUT2D eigenvalue weighted by Crippen LogP contribution is 2.25. The number of carbonyl (C=O) groups excluding carboxylic acids is 1. The van der Waals surface area contributed by atoms with E-state index in [9.17, 15) is 10.0 Å². The van der Waals surface area contributed by atoms with Gasteiger partial charge < -0.3 is 20.6 Å². The summed E-state index contributed by atoms with van der Waals surface area (Å²) < 4.78 is 6.45. The van der Waals surface area contributed by atoms with Crippen LogP contribution in [-0.2, 0) is 4.74 Å². The van der Waals surface area contributed by atoms with E-state index in [1.807, 2.05) is 0 Å². The fourth-order valence-corrected chi connectivity index (χ4v) is 2.75. The van der Waals surface area contributed by atoms with Crippen LogP contribution in [0.4, 0.5) is 10.5 Å². The van der Waals surface area contributed by atoms with Crippen LogP contribution in [0, 0.1) is 17.0 Å². The monoisotopic (exact) mass is 293 g/mol. The Labute approximate surface area is 125 Å². The van der Waals surface area contributed by atoms with Gasteiger partial charge in [-0.2, -0.15) is 4.73 Å². The fourth-order valence-electron chi connectivity index (χ4n) is 2.75. The molecule has 2 amide bonds. The molecule has 0 bridgehead atoms. The molecule has 2 N–H and O–H groups in total. The maximum Gasteiger partial charge on any atom is 0.319 e. The van der Waals surface area contributed by atoms with Crippen molar-refractivity contribution in [2.45, 2.75) is 32.8 Å². The quantitative estimate of drug-likeness (QED) is 0.657. The van der Waals surface area contributed by atoms with E-state index >= 15 is 0 Å². The van der Waals surface area contributed by atoms with E-state index in [0.29, 0.717) is 28.8 Å². The van der Waals surface area contributed by atoms with Gasteiger partial charge in [0, 0.05) is 25.1 Å². The summed E-state index contributed by atoms with van der Waals surface area (Å²) in [6, 6.07) is 2.97. The third kappa shape index (κ3) is 4.60. The van der Waals surface area contributed by atoms with E-state index in [-0.39, 0.29) is 12.1 Å². The van der Waals surface area contributed by atoms with Crippen LogP contribution in [0.25, 0.3) is 0 Å². The predicted octanol–water partition coefficient (Wildman–Crippen LogP) is 1.89. The summed E-state index contributed by atoms with van der Waals surface area (Å²) in [7, 11) is 0. The summed E-state index contributed by atoms with van der Waals surface area (Å²) in [6.07, 6.45) is 4.98. The number of rotatable bonds is 4. The van der Waals surface area contributed by atoms with Gasteiger partial charge in [-0.3, -0.25) is 0 Å². The summed E-state index contributed by atoms with van der Waals surface area (Å²) in [5.74, 6) is 0.776. The Morgan fingerprint density at radius 1 is 1.57 bits per heavy atom. The normalized spacial score (nSPS) is 22.0. The molecule has 0 aliphatic carbocycles. The number of nitrogens with zero attached hydrogens (tertiary/aromatic N) is 1. The van der Waals surface area contributed by atoms with Crippen LogP contribution in [0.1, 0.15) is 26.7 Å². The van der Waals surface area contributed by atoms with Gasteiger partial charge in [-0.25, -0.2) is 4.79 Å². The molecule has 2 unspecified atom stereocenters. The van der Waals surface area contributed by atoms with Gasteiger partial charge in [0.2, 0.25) is 6.20 Å². The number of carbonyl (C=O) groups is 1. The highest BCUT2D eigenvalue weighted by atomic mass is 16.5. The molecule has 1 saturated heterocycles. The van der Waals surface area contributed by atoms with Gasteiger partial charge in [0.1, 0.15) is 5.69 Å². The summed E-state index contributed by atoms with van der Waals surface area (Å²) >= 11 is 0. The van der Waals surface area contributed by atoms with Crippen molar-refractivity contribution in [1.29, 1.82) is 0 Å². The van der Waals surface area contributed by atoms with Crippen LogP contribution >= 0.6 is 0 Å². The number of urea groups is 1.